The Morgan fingerprint density at radius 1 is 1.62 bits per heavy atom. The van der Waals surface area contributed by atoms with Crippen LogP contribution in [-0.4, -0.2) is 23.1 Å². The predicted molar refractivity (Wildman–Crippen MR) is 58.8 cm³/mol. The molecule has 84 valence electrons. The normalized spacial score (nSPS) is 14.2. The Bertz CT molecular complexity index is 473. The van der Waals surface area contributed by atoms with Crippen LogP contribution in [0.5, 0.6) is 0 Å². The van der Waals surface area contributed by atoms with Gasteiger partial charge in [0, 0.05) is 6.42 Å². The van der Waals surface area contributed by atoms with Crippen molar-refractivity contribution >= 4 is 0 Å². The topological polar surface area (TPSA) is 67.0 Å². The van der Waals surface area contributed by atoms with E-state index in [1.807, 2.05) is 0 Å². The van der Waals surface area contributed by atoms with Gasteiger partial charge in [-0.25, -0.2) is 4.98 Å². The molecule has 2 N–H and O–H groups in total. The van der Waals surface area contributed by atoms with Crippen molar-refractivity contribution in [3.05, 3.63) is 27.4 Å². The Balaban J connectivity index is 2.19. The Morgan fingerprint density at radius 2 is 2.50 bits per heavy atom. The van der Waals surface area contributed by atoms with Crippen LogP contribution in [0, 0.1) is 12.3 Å². The number of aromatic nitrogens is 2. The van der Waals surface area contributed by atoms with Crippen LogP contribution in [0.25, 0.3) is 0 Å². The van der Waals surface area contributed by atoms with E-state index in [1.165, 1.54) is 0 Å². The number of nitrogens with one attached hydrogen (secondary N) is 2. The zero-order chi connectivity index (χ0) is 11.4. The summed E-state index contributed by atoms with van der Waals surface area (Å²) in [7, 11) is 0. The molecule has 2 heterocycles. The van der Waals surface area contributed by atoms with E-state index in [-0.39, 0.29) is 5.56 Å². The lowest BCUT2D eigenvalue weighted by atomic mass is 10.1. The molecule has 0 unspecified atom stereocenters. The second-order valence-electron chi connectivity index (χ2n) is 3.55. The Kier molecular flexibility index (Phi) is 3.34. The minimum absolute atomic E-state index is 0.109. The summed E-state index contributed by atoms with van der Waals surface area (Å²) in [6.07, 6.45) is 5.81. The van der Waals surface area contributed by atoms with Crippen molar-refractivity contribution < 1.29 is 4.74 Å². The summed E-state index contributed by atoms with van der Waals surface area (Å²) in [5.41, 5.74) is 1.38. The quantitative estimate of drug-likeness (QED) is 0.534. The maximum atomic E-state index is 11.7. The van der Waals surface area contributed by atoms with Gasteiger partial charge in [-0.1, -0.05) is 5.92 Å². The number of nitrogens with zero attached hydrogens (tertiary/aromatic N) is 1. The van der Waals surface area contributed by atoms with Gasteiger partial charge in [0.2, 0.25) is 0 Å². The average Bonchev–Trinajstić information content (AvgIpc) is 2.30. The van der Waals surface area contributed by atoms with Crippen molar-refractivity contribution in [2.75, 3.05) is 13.2 Å². The third-order valence-corrected chi connectivity index (χ3v) is 2.40. The van der Waals surface area contributed by atoms with Crippen LogP contribution < -0.4 is 10.9 Å². The first-order valence-corrected chi connectivity index (χ1v) is 5.14. The molecule has 1 aromatic heterocycles. The lowest BCUT2D eigenvalue weighted by Gasteiger charge is -2.15. The predicted octanol–water partition coefficient (Wildman–Crippen LogP) is -0.435. The fraction of sp³-hybridized carbons (Fsp3) is 0.455. The molecule has 16 heavy (non-hydrogen) atoms. The number of terminal acetylenes is 1. The Morgan fingerprint density at radius 3 is 3.31 bits per heavy atom. The number of rotatable bonds is 3. The molecule has 0 aromatic carbocycles. The number of H-pyrrole nitrogens is 1. The highest BCUT2D eigenvalue weighted by Gasteiger charge is 2.15. The molecule has 0 aliphatic carbocycles. The third-order valence-electron chi connectivity index (χ3n) is 2.40. The molecule has 0 radical (unpaired) electrons. The first-order valence-electron chi connectivity index (χ1n) is 5.14. The molecule has 1 aromatic rings. The van der Waals surface area contributed by atoms with Crippen LogP contribution >= 0.6 is 0 Å². The highest BCUT2D eigenvalue weighted by molar-refractivity contribution is 5.19. The number of hydrogen-bond donors (Lipinski definition) is 2. The van der Waals surface area contributed by atoms with E-state index >= 15 is 0 Å². The zero-order valence-electron chi connectivity index (χ0n) is 8.88. The molecule has 0 saturated carbocycles. The number of fused-ring (bicyclic) bond motifs is 1. The van der Waals surface area contributed by atoms with Gasteiger partial charge in [0.15, 0.2) is 0 Å². The van der Waals surface area contributed by atoms with Crippen LogP contribution in [0.2, 0.25) is 0 Å². The summed E-state index contributed by atoms with van der Waals surface area (Å²) < 4.78 is 5.21. The molecule has 0 spiro atoms. The first kappa shape index (κ1) is 10.9. The second kappa shape index (κ2) is 4.92. The smallest absolute Gasteiger partial charge is 0.256 e. The van der Waals surface area contributed by atoms with E-state index in [1.54, 1.807) is 0 Å². The molecule has 0 saturated heterocycles. The zero-order valence-corrected chi connectivity index (χ0v) is 8.88. The summed E-state index contributed by atoms with van der Waals surface area (Å²) in [5.74, 6) is 3.09. The van der Waals surface area contributed by atoms with Gasteiger partial charge in [-0.2, -0.15) is 0 Å². The van der Waals surface area contributed by atoms with Crippen molar-refractivity contribution in [3.8, 4) is 12.3 Å². The molecule has 1 aliphatic rings. The van der Waals surface area contributed by atoms with E-state index in [2.05, 4.69) is 21.2 Å². The highest BCUT2D eigenvalue weighted by Crippen LogP contribution is 2.09. The molecule has 5 nitrogen and oxygen atoms in total. The lowest BCUT2D eigenvalue weighted by Crippen LogP contribution is -2.27. The third kappa shape index (κ3) is 2.30. The largest absolute Gasteiger partial charge is 0.376 e. The van der Waals surface area contributed by atoms with Gasteiger partial charge >= 0.3 is 0 Å². The van der Waals surface area contributed by atoms with Crippen molar-refractivity contribution in [1.82, 2.24) is 15.3 Å². The van der Waals surface area contributed by atoms with Gasteiger partial charge in [0.25, 0.3) is 5.56 Å². The minimum Gasteiger partial charge on any atom is -0.376 e. The summed E-state index contributed by atoms with van der Waals surface area (Å²) in [6, 6.07) is 0. The van der Waals surface area contributed by atoms with Crippen molar-refractivity contribution in [2.24, 2.45) is 0 Å². The van der Waals surface area contributed by atoms with Gasteiger partial charge in [-0.3, -0.25) is 10.1 Å². The second-order valence-corrected chi connectivity index (χ2v) is 3.55. The number of hydrogen-bond acceptors (Lipinski definition) is 4. The minimum atomic E-state index is -0.109. The van der Waals surface area contributed by atoms with Gasteiger partial charge in [0.05, 0.1) is 37.6 Å². The molecular weight excluding hydrogens is 206 g/mol. The lowest BCUT2D eigenvalue weighted by molar-refractivity contribution is 0.108. The number of ether oxygens (including phenoxy) is 1. The molecule has 0 fully saturated rings. The Labute approximate surface area is 93.2 Å². The van der Waals surface area contributed by atoms with Crippen molar-refractivity contribution in [3.63, 3.8) is 0 Å². The molecule has 2 rings (SSSR count). The highest BCUT2D eigenvalue weighted by atomic mass is 16.5. The SMILES string of the molecule is C#CCNCc1nc2c(c(=O)[nH]1)COCC2. The van der Waals surface area contributed by atoms with Crippen LogP contribution in [0.15, 0.2) is 4.79 Å². The monoisotopic (exact) mass is 219 g/mol. The average molecular weight is 219 g/mol. The van der Waals surface area contributed by atoms with Crippen LogP contribution in [0.3, 0.4) is 0 Å². The fourth-order valence-corrected chi connectivity index (χ4v) is 1.63. The van der Waals surface area contributed by atoms with Crippen LogP contribution in [0.4, 0.5) is 0 Å². The Hall–Kier alpha value is -1.64. The van der Waals surface area contributed by atoms with E-state index in [4.69, 9.17) is 11.2 Å². The standard InChI is InChI=1S/C11H13N3O2/c1-2-4-12-6-10-13-9-3-5-16-7-8(9)11(15)14-10/h1,12H,3-7H2,(H,13,14,15). The van der Waals surface area contributed by atoms with Crippen LogP contribution in [-0.2, 0) is 24.3 Å². The van der Waals surface area contributed by atoms with Gasteiger partial charge in [-0.05, 0) is 0 Å². The molecule has 0 atom stereocenters. The van der Waals surface area contributed by atoms with E-state index in [0.717, 1.165) is 5.69 Å². The molecule has 0 amide bonds. The van der Waals surface area contributed by atoms with E-state index in [0.29, 0.717) is 44.1 Å². The summed E-state index contributed by atoms with van der Waals surface area (Å²) >= 11 is 0. The van der Waals surface area contributed by atoms with Gasteiger partial charge < -0.3 is 9.72 Å². The van der Waals surface area contributed by atoms with Gasteiger partial charge in [0.1, 0.15) is 5.82 Å². The summed E-state index contributed by atoms with van der Waals surface area (Å²) in [6.45, 7) is 1.92. The molecular formula is C11H13N3O2. The van der Waals surface area contributed by atoms with E-state index < -0.39 is 0 Å². The fourth-order valence-electron chi connectivity index (χ4n) is 1.63. The summed E-state index contributed by atoms with van der Waals surface area (Å²) in [5, 5.41) is 2.99. The molecule has 0 bridgehead atoms. The number of aromatic amines is 1. The maximum absolute atomic E-state index is 11.7. The molecule has 5 heteroatoms. The van der Waals surface area contributed by atoms with Crippen molar-refractivity contribution in [2.45, 2.75) is 19.6 Å². The van der Waals surface area contributed by atoms with Gasteiger partial charge in [-0.15, -0.1) is 6.42 Å². The first-order chi connectivity index (χ1) is 7.81. The molecule has 1 aliphatic heterocycles. The summed E-state index contributed by atoms with van der Waals surface area (Å²) in [4.78, 5) is 18.8. The maximum Gasteiger partial charge on any atom is 0.256 e. The van der Waals surface area contributed by atoms with Crippen LogP contribution in [0.1, 0.15) is 17.1 Å². The van der Waals surface area contributed by atoms with E-state index in [9.17, 15) is 4.79 Å². The van der Waals surface area contributed by atoms with Crippen molar-refractivity contribution in [1.29, 1.82) is 0 Å².